The number of fused-ring (bicyclic) bond motifs is 7. The van der Waals surface area contributed by atoms with Gasteiger partial charge in [0.15, 0.2) is 18.0 Å². The van der Waals surface area contributed by atoms with Crippen LogP contribution >= 0.6 is 0 Å². The summed E-state index contributed by atoms with van der Waals surface area (Å²) in [5.41, 5.74) is 20.2. The number of rotatable bonds is 10. The third-order valence-corrected chi connectivity index (χ3v) is 16.1. The van der Waals surface area contributed by atoms with E-state index >= 15 is 0 Å². The molecule has 74 heavy (non-hydrogen) atoms. The molecule has 0 aliphatic carbocycles. The number of benzene rings is 7. The van der Waals surface area contributed by atoms with Crippen LogP contribution in [0.5, 0.6) is 11.5 Å². The average Bonchev–Trinajstić information content (AvgIpc) is 3.88. The monoisotopic (exact) mass is 976 g/mol. The molecule has 2 aliphatic heterocycles. The predicted octanol–water partition coefficient (Wildman–Crippen LogP) is 19.9. The fourth-order valence-corrected chi connectivity index (χ4v) is 11.7. The van der Waals surface area contributed by atoms with Crippen molar-refractivity contribution in [3.8, 4) is 39.6 Å². The van der Waals surface area contributed by atoms with Crippen LogP contribution in [0.4, 0.5) is 22.7 Å². The maximum absolute atomic E-state index is 7.19. The standard InChI is InChI=1S/C69H75N4O/c1-43(2)48-33-59(44(3)4)66(60(34-48)45(5)6)47-25-28-63-64(35-47)73(53-32-49(46-21-17-16-18-22-46)31-51(36-53)68(10,11)12)42-72(63,73)54-37-52(69(13,14)15)38-56(40-54)74-55-26-27-58-57-23-19-20-24-61(57)71(62(58)41-55)65-39-50(29-30-70-65)67(7,8)9/h16-45H,1-15H3/q+1/t72?,73-/m0/s1. The van der Waals surface area contributed by atoms with Gasteiger partial charge in [-0.2, -0.15) is 9.18 Å². The Labute approximate surface area is 441 Å². The summed E-state index contributed by atoms with van der Waals surface area (Å²) in [6, 6.07) is 57.2. The number of para-hydroxylation sites is 1. The highest BCUT2D eigenvalue weighted by atomic mass is 16.5. The topological polar surface area (TPSA) is 27.1 Å². The summed E-state index contributed by atoms with van der Waals surface area (Å²) < 4.78 is 10.6. The number of quaternary nitrogens is 2. The number of ether oxygens (including phenoxy) is 1. The summed E-state index contributed by atoms with van der Waals surface area (Å²) in [5, 5.41) is 2.36. The summed E-state index contributed by atoms with van der Waals surface area (Å²) in [6.07, 6.45) is 1.94. The molecule has 0 spiro atoms. The van der Waals surface area contributed by atoms with Crippen LogP contribution < -0.4 is 13.9 Å². The van der Waals surface area contributed by atoms with Crippen LogP contribution in [0.25, 0.3) is 49.9 Å². The lowest BCUT2D eigenvalue weighted by molar-refractivity contribution is 0.421. The Morgan fingerprint density at radius 2 is 1.07 bits per heavy atom. The van der Waals surface area contributed by atoms with Crippen molar-refractivity contribution in [1.82, 2.24) is 18.7 Å². The first-order valence-corrected chi connectivity index (χ1v) is 27.0. The molecular formula is C69H75N4O+. The van der Waals surface area contributed by atoms with Crippen molar-refractivity contribution in [2.24, 2.45) is 0 Å². The van der Waals surface area contributed by atoms with E-state index in [1.165, 1.54) is 89.2 Å². The summed E-state index contributed by atoms with van der Waals surface area (Å²) in [4.78, 5) is 4.97. The van der Waals surface area contributed by atoms with Crippen LogP contribution in [0.2, 0.25) is 0 Å². The van der Waals surface area contributed by atoms with E-state index in [1.807, 2.05) is 6.20 Å². The second kappa shape index (κ2) is 17.4. The summed E-state index contributed by atoms with van der Waals surface area (Å²) >= 11 is 0. The second-order valence-corrected chi connectivity index (χ2v) is 25.4. The van der Waals surface area contributed by atoms with Crippen molar-refractivity contribution in [2.45, 2.75) is 138 Å². The third kappa shape index (κ3) is 8.01. The Bertz CT molecular complexity index is 3640. The third-order valence-electron chi connectivity index (χ3n) is 16.1. The number of nitrogens with zero attached hydrogens (tertiary/aromatic N) is 4. The van der Waals surface area contributed by atoms with Gasteiger partial charge in [0.1, 0.15) is 17.3 Å². The molecule has 0 amide bonds. The van der Waals surface area contributed by atoms with E-state index in [2.05, 4.69) is 267 Å². The van der Waals surface area contributed by atoms with Crippen LogP contribution in [0.15, 0.2) is 158 Å². The summed E-state index contributed by atoms with van der Waals surface area (Å²) in [7, 11) is 0. The molecule has 0 radical (unpaired) electrons. The molecule has 2 aromatic heterocycles. The molecule has 9 aromatic rings. The highest BCUT2D eigenvalue weighted by Gasteiger charge is 2.78. The Balaban J connectivity index is 1.11. The Hall–Kier alpha value is -6.79. The predicted molar refractivity (Wildman–Crippen MR) is 314 cm³/mol. The first kappa shape index (κ1) is 49.4. The van der Waals surface area contributed by atoms with Crippen molar-refractivity contribution < 1.29 is 4.74 Å². The molecule has 0 saturated carbocycles. The number of pyridine rings is 1. The minimum Gasteiger partial charge on any atom is -0.457 e. The zero-order chi connectivity index (χ0) is 52.4. The molecule has 5 nitrogen and oxygen atoms in total. The first-order valence-electron chi connectivity index (χ1n) is 27.0. The van der Waals surface area contributed by atoms with E-state index in [9.17, 15) is 0 Å². The quantitative estimate of drug-likeness (QED) is 0.0776. The molecular weight excluding hydrogens is 901 g/mol. The Kier molecular flexibility index (Phi) is 11.6. The van der Waals surface area contributed by atoms with Gasteiger partial charge in [0, 0.05) is 59.4 Å². The van der Waals surface area contributed by atoms with Gasteiger partial charge in [-0.05, 0) is 132 Å². The maximum Gasteiger partial charge on any atom is 0.226 e. The highest BCUT2D eigenvalue weighted by Crippen LogP contribution is 2.76. The molecule has 0 bridgehead atoms. The van der Waals surface area contributed by atoms with E-state index in [0.29, 0.717) is 26.9 Å². The van der Waals surface area contributed by atoms with E-state index < -0.39 is 0 Å². The molecule has 1 fully saturated rings. The molecule has 2 atom stereocenters. The lowest BCUT2D eigenvalue weighted by atomic mass is 9.81. The van der Waals surface area contributed by atoms with Gasteiger partial charge in [-0.1, -0.05) is 171 Å². The van der Waals surface area contributed by atoms with E-state index in [-0.39, 0.29) is 16.2 Å². The van der Waals surface area contributed by atoms with Gasteiger partial charge in [-0.25, -0.2) is 4.98 Å². The minimum atomic E-state index is -0.162. The van der Waals surface area contributed by atoms with Crippen molar-refractivity contribution in [1.29, 1.82) is 0 Å². The van der Waals surface area contributed by atoms with Gasteiger partial charge < -0.3 is 4.74 Å². The maximum atomic E-state index is 7.19. The smallest absolute Gasteiger partial charge is 0.226 e. The van der Waals surface area contributed by atoms with E-state index in [1.54, 1.807) is 0 Å². The van der Waals surface area contributed by atoms with Crippen molar-refractivity contribution in [3.63, 3.8) is 0 Å². The molecule has 1 unspecified atom stereocenters. The van der Waals surface area contributed by atoms with E-state index in [4.69, 9.17) is 9.72 Å². The lowest BCUT2D eigenvalue weighted by Gasteiger charge is -2.41. The second-order valence-electron chi connectivity index (χ2n) is 25.4. The minimum absolute atomic E-state index is 0.0230. The fraction of sp³-hybridized carbons (Fsp3) is 0.304. The van der Waals surface area contributed by atoms with Crippen LogP contribution in [0, 0.1) is 6.67 Å². The number of hydrogen-bond donors (Lipinski definition) is 0. The fourth-order valence-electron chi connectivity index (χ4n) is 11.7. The highest BCUT2D eigenvalue weighted by molar-refractivity contribution is 6.09. The van der Waals surface area contributed by atoms with Crippen LogP contribution in [0.1, 0.15) is 155 Å². The number of aromatic nitrogens is 2. The summed E-state index contributed by atoms with van der Waals surface area (Å²) in [5.74, 6) is 3.69. The molecule has 2 aliphatic rings. The van der Waals surface area contributed by atoms with Crippen LogP contribution in [-0.4, -0.2) is 9.55 Å². The van der Waals surface area contributed by atoms with Gasteiger partial charge >= 0.3 is 0 Å². The Morgan fingerprint density at radius 3 is 1.72 bits per heavy atom. The van der Waals surface area contributed by atoms with Crippen molar-refractivity contribution in [2.75, 3.05) is 0 Å². The number of hydrogen-bond acceptors (Lipinski definition) is 2. The molecule has 5 heteroatoms. The molecule has 0 N–H and O–H groups in total. The lowest BCUT2D eigenvalue weighted by Crippen LogP contribution is -2.46. The van der Waals surface area contributed by atoms with Crippen LogP contribution in [0.3, 0.4) is 0 Å². The molecule has 11 rings (SSSR count). The van der Waals surface area contributed by atoms with Crippen molar-refractivity contribution >= 4 is 44.6 Å². The normalized spacial score (nSPS) is 17.5. The molecule has 1 saturated heterocycles. The Morgan fingerprint density at radius 1 is 0.459 bits per heavy atom. The van der Waals surface area contributed by atoms with Gasteiger partial charge in [-0.3, -0.25) is 4.57 Å². The molecule has 4 heterocycles. The molecule has 7 aromatic carbocycles. The summed E-state index contributed by atoms with van der Waals surface area (Å²) in [6.45, 7) is 37.3. The van der Waals surface area contributed by atoms with Crippen molar-refractivity contribution in [3.05, 3.63) is 198 Å². The zero-order valence-electron chi connectivity index (χ0n) is 46.5. The van der Waals surface area contributed by atoms with Gasteiger partial charge in [0.2, 0.25) is 11.4 Å². The van der Waals surface area contributed by atoms with Crippen LogP contribution in [-0.2, 0) is 16.2 Å². The first-order chi connectivity index (χ1) is 35.0. The zero-order valence-corrected chi connectivity index (χ0v) is 46.5. The van der Waals surface area contributed by atoms with Gasteiger partial charge in [0.25, 0.3) is 0 Å². The SMILES string of the molecule is CC(C)c1cc(C(C)C)c(-c2ccc3c(c2)[N@@+]2(c4cc(-c5ccccc5)cc(C(C)(C)C)c4)[CH-][N+]32c2cc(Oc3ccc4c5ccccc5n(-c5cc(C(C)(C)C)ccn5)c4c3)cc(C(C)(C)C)c2)c(C(C)C)c1. The van der Waals surface area contributed by atoms with Gasteiger partial charge in [0.05, 0.1) is 11.0 Å². The van der Waals surface area contributed by atoms with Gasteiger partial charge in [-0.15, -0.1) is 0 Å². The average molecular weight is 976 g/mol. The van der Waals surface area contributed by atoms with E-state index in [0.717, 1.165) is 28.4 Å². The molecule has 376 valence electrons. The largest absolute Gasteiger partial charge is 0.457 e.